The van der Waals surface area contributed by atoms with Gasteiger partial charge in [0.25, 0.3) is 0 Å². The molecule has 5 aromatic rings. The van der Waals surface area contributed by atoms with Crippen LogP contribution in [0, 0.1) is 0 Å². The number of nitrogens with one attached hydrogen (secondary N) is 1. The van der Waals surface area contributed by atoms with E-state index in [0.717, 1.165) is 83.6 Å². The van der Waals surface area contributed by atoms with Gasteiger partial charge in [-0.25, -0.2) is 4.98 Å². The number of ether oxygens (including phenoxy) is 1. The monoisotopic (exact) mass is 480 g/mol. The third kappa shape index (κ3) is 3.36. The fourth-order valence-electron chi connectivity index (χ4n) is 5.77. The zero-order valence-electron chi connectivity index (χ0n) is 20.3. The van der Waals surface area contributed by atoms with Crippen LogP contribution in [0.4, 0.5) is 0 Å². The molecular formula is C28H28N6O2. The molecule has 4 aromatic heterocycles. The molecule has 0 aliphatic carbocycles. The number of benzene rings is 1. The number of pyridine rings is 1. The smallest absolute Gasteiger partial charge is 0.219 e. The summed E-state index contributed by atoms with van der Waals surface area (Å²) in [6.45, 7) is 4.49. The Morgan fingerprint density at radius 1 is 1.11 bits per heavy atom. The number of imidazole rings is 1. The first-order valence-corrected chi connectivity index (χ1v) is 12.7. The molecule has 36 heavy (non-hydrogen) atoms. The van der Waals surface area contributed by atoms with Crippen molar-refractivity contribution in [2.75, 3.05) is 19.8 Å². The number of rotatable bonds is 3. The summed E-state index contributed by atoms with van der Waals surface area (Å²) in [7, 11) is 0. The second kappa shape index (κ2) is 8.34. The highest BCUT2D eigenvalue weighted by Gasteiger charge is 2.31. The Balaban J connectivity index is 1.39. The van der Waals surface area contributed by atoms with E-state index in [1.54, 1.807) is 6.92 Å². The lowest BCUT2D eigenvalue weighted by Crippen LogP contribution is -2.35. The Morgan fingerprint density at radius 3 is 2.83 bits per heavy atom. The third-order valence-corrected chi connectivity index (χ3v) is 7.67. The van der Waals surface area contributed by atoms with E-state index in [4.69, 9.17) is 14.8 Å². The molecule has 6 heterocycles. The van der Waals surface area contributed by atoms with E-state index >= 15 is 0 Å². The predicted molar refractivity (Wildman–Crippen MR) is 138 cm³/mol. The van der Waals surface area contributed by atoms with Crippen molar-refractivity contribution in [3.05, 3.63) is 66.2 Å². The van der Waals surface area contributed by atoms with Crippen molar-refractivity contribution in [3.8, 4) is 22.5 Å². The standard InChI is InChI=1S/C28H28N6O2/c1-18(35)32-12-8-26-23(16-32)27(31-34(26)19-9-13-36-14-10-19)21-6-4-11-33-17-25(30-28(21)33)22-15-29-24-7-3-2-5-20(22)24/h2-7,11,15,17,19,29H,8-10,12-14,16H2,1H3. The van der Waals surface area contributed by atoms with Crippen molar-refractivity contribution in [2.24, 2.45) is 0 Å². The molecule has 7 rings (SSSR count). The van der Waals surface area contributed by atoms with E-state index in [1.807, 2.05) is 23.4 Å². The number of amides is 1. The summed E-state index contributed by atoms with van der Waals surface area (Å²) < 4.78 is 9.94. The minimum absolute atomic E-state index is 0.103. The van der Waals surface area contributed by atoms with E-state index in [9.17, 15) is 4.79 Å². The zero-order chi connectivity index (χ0) is 24.2. The first-order valence-electron chi connectivity index (χ1n) is 12.7. The van der Waals surface area contributed by atoms with Crippen molar-refractivity contribution >= 4 is 22.5 Å². The number of carbonyl (C=O) groups is 1. The van der Waals surface area contributed by atoms with Crippen molar-refractivity contribution in [1.29, 1.82) is 0 Å². The lowest BCUT2D eigenvalue weighted by molar-refractivity contribution is -0.129. The number of carbonyl (C=O) groups excluding carboxylic acids is 1. The molecule has 0 atom stereocenters. The van der Waals surface area contributed by atoms with Crippen molar-refractivity contribution in [1.82, 2.24) is 29.0 Å². The second-order valence-electron chi connectivity index (χ2n) is 9.78. The topological polar surface area (TPSA) is 80.5 Å². The number of aromatic nitrogens is 5. The van der Waals surface area contributed by atoms with Gasteiger partial charge in [0.1, 0.15) is 11.3 Å². The van der Waals surface area contributed by atoms with Crippen molar-refractivity contribution in [2.45, 2.75) is 38.8 Å². The van der Waals surface area contributed by atoms with Gasteiger partial charge in [-0.3, -0.25) is 9.48 Å². The molecule has 0 radical (unpaired) electrons. The van der Waals surface area contributed by atoms with Gasteiger partial charge in [-0.15, -0.1) is 0 Å². The van der Waals surface area contributed by atoms with Crippen LogP contribution in [0.15, 0.2) is 55.0 Å². The highest BCUT2D eigenvalue weighted by molar-refractivity contribution is 5.95. The van der Waals surface area contributed by atoms with Crippen LogP contribution in [-0.2, 0) is 22.5 Å². The van der Waals surface area contributed by atoms with Gasteiger partial charge < -0.3 is 19.0 Å². The highest BCUT2D eigenvalue weighted by atomic mass is 16.5. The fourth-order valence-corrected chi connectivity index (χ4v) is 5.77. The summed E-state index contributed by atoms with van der Waals surface area (Å²) in [4.78, 5) is 22.7. The maximum Gasteiger partial charge on any atom is 0.219 e. The highest BCUT2D eigenvalue weighted by Crippen LogP contribution is 2.37. The summed E-state index contributed by atoms with van der Waals surface area (Å²) in [6.07, 6.45) is 8.88. The van der Waals surface area contributed by atoms with Gasteiger partial charge in [-0.2, -0.15) is 5.10 Å². The van der Waals surface area contributed by atoms with E-state index in [2.05, 4.69) is 50.6 Å². The van der Waals surface area contributed by atoms with Crippen molar-refractivity contribution < 1.29 is 9.53 Å². The van der Waals surface area contributed by atoms with Gasteiger partial charge in [0.15, 0.2) is 0 Å². The predicted octanol–water partition coefficient (Wildman–Crippen LogP) is 4.60. The molecule has 1 saturated heterocycles. The average molecular weight is 481 g/mol. The van der Waals surface area contributed by atoms with Gasteiger partial charge in [0, 0.05) is 91.5 Å². The van der Waals surface area contributed by atoms with Crippen LogP contribution in [0.2, 0.25) is 0 Å². The second-order valence-corrected chi connectivity index (χ2v) is 9.78. The number of para-hydroxylation sites is 1. The Hall–Kier alpha value is -3.91. The zero-order valence-corrected chi connectivity index (χ0v) is 20.3. The molecule has 2 aliphatic rings. The molecule has 1 fully saturated rings. The molecule has 2 aliphatic heterocycles. The minimum Gasteiger partial charge on any atom is -0.381 e. The van der Waals surface area contributed by atoms with E-state index in [1.165, 1.54) is 5.69 Å². The first-order chi connectivity index (χ1) is 17.7. The van der Waals surface area contributed by atoms with Gasteiger partial charge in [-0.05, 0) is 31.0 Å². The molecule has 182 valence electrons. The van der Waals surface area contributed by atoms with Crippen LogP contribution in [0.25, 0.3) is 39.1 Å². The van der Waals surface area contributed by atoms with E-state index in [0.29, 0.717) is 12.6 Å². The van der Waals surface area contributed by atoms with Crippen LogP contribution in [0.5, 0.6) is 0 Å². The molecule has 1 N–H and O–H groups in total. The molecule has 0 saturated carbocycles. The lowest BCUT2D eigenvalue weighted by Gasteiger charge is -2.29. The number of H-pyrrole nitrogens is 1. The Kier molecular flexibility index (Phi) is 4.95. The fraction of sp³-hybridized carbons (Fsp3) is 0.321. The lowest BCUT2D eigenvalue weighted by atomic mass is 10.0. The van der Waals surface area contributed by atoms with Gasteiger partial charge in [0.05, 0.1) is 11.7 Å². The number of fused-ring (bicyclic) bond motifs is 3. The number of nitrogens with zero attached hydrogens (tertiary/aromatic N) is 5. The summed E-state index contributed by atoms with van der Waals surface area (Å²) >= 11 is 0. The number of hydrogen-bond acceptors (Lipinski definition) is 4. The largest absolute Gasteiger partial charge is 0.381 e. The Bertz CT molecular complexity index is 1600. The van der Waals surface area contributed by atoms with Gasteiger partial charge in [0.2, 0.25) is 5.91 Å². The summed E-state index contributed by atoms with van der Waals surface area (Å²) in [5.41, 5.74) is 8.30. The van der Waals surface area contributed by atoms with Gasteiger partial charge >= 0.3 is 0 Å². The average Bonchev–Trinajstić information content (AvgIpc) is 3.63. The van der Waals surface area contributed by atoms with Crippen LogP contribution in [-0.4, -0.2) is 54.7 Å². The molecule has 0 bridgehead atoms. The SMILES string of the molecule is CC(=O)N1CCc2c(c(-c3cccn4cc(-c5c[nH]c6ccccc56)nc34)nn2C2CCOCC2)C1. The van der Waals surface area contributed by atoms with Gasteiger partial charge in [-0.1, -0.05) is 18.2 Å². The normalized spacial score (nSPS) is 16.6. The molecule has 0 spiro atoms. The molecule has 8 nitrogen and oxygen atoms in total. The Morgan fingerprint density at radius 2 is 1.97 bits per heavy atom. The molecule has 8 heteroatoms. The quantitative estimate of drug-likeness (QED) is 0.409. The minimum atomic E-state index is 0.103. The van der Waals surface area contributed by atoms with E-state index in [-0.39, 0.29) is 5.91 Å². The van der Waals surface area contributed by atoms with Crippen LogP contribution >= 0.6 is 0 Å². The van der Waals surface area contributed by atoms with Crippen LogP contribution < -0.4 is 0 Å². The third-order valence-electron chi connectivity index (χ3n) is 7.67. The van der Waals surface area contributed by atoms with E-state index < -0.39 is 0 Å². The maximum atomic E-state index is 12.3. The molecule has 1 aromatic carbocycles. The first kappa shape index (κ1) is 21.4. The van der Waals surface area contributed by atoms with Crippen LogP contribution in [0.1, 0.15) is 37.1 Å². The molecule has 0 unspecified atom stereocenters. The molecular weight excluding hydrogens is 452 g/mol. The Labute approximate surface area is 208 Å². The molecule has 1 amide bonds. The maximum absolute atomic E-state index is 12.3. The summed E-state index contributed by atoms with van der Waals surface area (Å²) in [5, 5.41) is 6.37. The summed E-state index contributed by atoms with van der Waals surface area (Å²) in [6, 6.07) is 12.8. The number of hydrogen-bond donors (Lipinski definition) is 1. The summed E-state index contributed by atoms with van der Waals surface area (Å²) in [5.74, 6) is 0.103. The van der Waals surface area contributed by atoms with Crippen LogP contribution in [0.3, 0.4) is 0 Å². The van der Waals surface area contributed by atoms with Crippen molar-refractivity contribution in [3.63, 3.8) is 0 Å². The number of aromatic amines is 1.